The standard InChI is InChI=1S/C14H21N3O/c1-9-7-10(2)13(11(3)8-9)16-14(18)12-5-4-6-17(12)15/h7-8,12H,4-6,15H2,1-3H3,(H,16,18). The van der Waals surface area contributed by atoms with E-state index in [-0.39, 0.29) is 11.9 Å². The van der Waals surface area contributed by atoms with E-state index in [1.165, 1.54) is 5.56 Å². The maximum absolute atomic E-state index is 12.2. The van der Waals surface area contributed by atoms with Crippen molar-refractivity contribution in [2.45, 2.75) is 39.7 Å². The Hall–Kier alpha value is -1.39. The molecule has 1 unspecified atom stereocenters. The van der Waals surface area contributed by atoms with Crippen molar-refractivity contribution in [2.24, 2.45) is 5.84 Å². The Labute approximate surface area is 108 Å². The monoisotopic (exact) mass is 247 g/mol. The van der Waals surface area contributed by atoms with Gasteiger partial charge in [-0.2, -0.15) is 0 Å². The zero-order chi connectivity index (χ0) is 13.3. The molecule has 4 heteroatoms. The molecule has 3 N–H and O–H groups in total. The highest BCUT2D eigenvalue weighted by Gasteiger charge is 2.28. The Morgan fingerprint density at radius 3 is 2.44 bits per heavy atom. The lowest BCUT2D eigenvalue weighted by Gasteiger charge is -2.20. The lowest BCUT2D eigenvalue weighted by Crippen LogP contribution is -2.43. The third-order valence-corrected chi connectivity index (χ3v) is 3.52. The Morgan fingerprint density at radius 2 is 1.94 bits per heavy atom. The summed E-state index contributed by atoms with van der Waals surface area (Å²) >= 11 is 0. The lowest BCUT2D eigenvalue weighted by atomic mass is 10.0. The number of anilines is 1. The number of benzene rings is 1. The summed E-state index contributed by atoms with van der Waals surface area (Å²) in [7, 11) is 0. The summed E-state index contributed by atoms with van der Waals surface area (Å²) in [6.45, 7) is 6.89. The zero-order valence-corrected chi connectivity index (χ0v) is 11.3. The van der Waals surface area contributed by atoms with Crippen LogP contribution in [0.1, 0.15) is 29.5 Å². The molecule has 1 amide bonds. The van der Waals surface area contributed by atoms with Crippen molar-refractivity contribution in [2.75, 3.05) is 11.9 Å². The highest BCUT2D eigenvalue weighted by molar-refractivity contribution is 5.96. The molecule has 1 aliphatic rings. The summed E-state index contributed by atoms with van der Waals surface area (Å²) in [6.07, 6.45) is 1.83. The molecule has 4 nitrogen and oxygen atoms in total. The fourth-order valence-electron chi connectivity index (χ4n) is 2.65. The molecule has 1 aromatic rings. The van der Waals surface area contributed by atoms with Crippen molar-refractivity contribution in [3.63, 3.8) is 0 Å². The quantitative estimate of drug-likeness (QED) is 0.785. The Bertz CT molecular complexity index is 447. The van der Waals surface area contributed by atoms with Gasteiger partial charge in [-0.3, -0.25) is 10.6 Å². The van der Waals surface area contributed by atoms with Gasteiger partial charge >= 0.3 is 0 Å². The van der Waals surface area contributed by atoms with Crippen LogP contribution in [0.25, 0.3) is 0 Å². The third-order valence-electron chi connectivity index (χ3n) is 3.52. The van der Waals surface area contributed by atoms with Crippen LogP contribution in [-0.4, -0.2) is 23.5 Å². The molecule has 1 saturated heterocycles. The SMILES string of the molecule is Cc1cc(C)c(NC(=O)C2CCCN2N)c(C)c1. The minimum absolute atomic E-state index is 0.00468. The Balaban J connectivity index is 2.17. The summed E-state index contributed by atoms with van der Waals surface area (Å²) in [5.74, 6) is 5.81. The molecule has 0 radical (unpaired) electrons. The molecule has 0 spiro atoms. The fourth-order valence-corrected chi connectivity index (χ4v) is 2.65. The molecule has 1 atom stereocenters. The van der Waals surface area contributed by atoms with Gasteiger partial charge in [-0.25, -0.2) is 5.01 Å². The molecule has 1 fully saturated rings. The van der Waals surface area contributed by atoms with Crippen molar-refractivity contribution in [1.82, 2.24) is 5.01 Å². The van der Waals surface area contributed by atoms with Gasteiger partial charge in [0.05, 0.1) is 0 Å². The molecule has 18 heavy (non-hydrogen) atoms. The van der Waals surface area contributed by atoms with E-state index in [1.54, 1.807) is 5.01 Å². The number of nitrogens with two attached hydrogens (primary N) is 1. The summed E-state index contributed by atoms with van der Waals surface area (Å²) in [6, 6.07) is 3.97. The van der Waals surface area contributed by atoms with E-state index < -0.39 is 0 Å². The number of hydrogen-bond donors (Lipinski definition) is 2. The smallest absolute Gasteiger partial charge is 0.243 e. The molecular weight excluding hydrogens is 226 g/mol. The van der Waals surface area contributed by atoms with Crippen molar-refractivity contribution in [1.29, 1.82) is 0 Å². The van der Waals surface area contributed by atoms with Crippen LogP contribution in [0, 0.1) is 20.8 Å². The summed E-state index contributed by atoms with van der Waals surface area (Å²) in [5, 5.41) is 4.65. The second-order valence-electron chi connectivity index (χ2n) is 5.16. The molecular formula is C14H21N3O. The van der Waals surface area contributed by atoms with Gasteiger partial charge < -0.3 is 5.32 Å². The topological polar surface area (TPSA) is 58.4 Å². The van der Waals surface area contributed by atoms with Crippen LogP contribution in [0.3, 0.4) is 0 Å². The number of aryl methyl sites for hydroxylation is 3. The highest BCUT2D eigenvalue weighted by atomic mass is 16.2. The zero-order valence-electron chi connectivity index (χ0n) is 11.3. The van der Waals surface area contributed by atoms with Crippen molar-refractivity contribution in [3.05, 3.63) is 28.8 Å². The van der Waals surface area contributed by atoms with Gasteiger partial charge in [0, 0.05) is 12.2 Å². The van der Waals surface area contributed by atoms with Crippen LogP contribution in [-0.2, 0) is 4.79 Å². The number of nitrogens with one attached hydrogen (secondary N) is 1. The molecule has 2 rings (SSSR count). The predicted molar refractivity (Wildman–Crippen MR) is 73.2 cm³/mol. The van der Waals surface area contributed by atoms with Crippen molar-refractivity contribution < 1.29 is 4.79 Å². The molecule has 0 aliphatic carbocycles. The van der Waals surface area contributed by atoms with Gasteiger partial charge in [0.2, 0.25) is 5.91 Å². The Kier molecular flexibility index (Phi) is 3.68. The summed E-state index contributed by atoms with van der Waals surface area (Å²) in [5.41, 5.74) is 4.33. The largest absolute Gasteiger partial charge is 0.324 e. The first-order valence-corrected chi connectivity index (χ1v) is 6.39. The van der Waals surface area contributed by atoms with E-state index >= 15 is 0 Å². The van der Waals surface area contributed by atoms with E-state index in [2.05, 4.69) is 24.4 Å². The molecule has 1 aliphatic heterocycles. The number of rotatable bonds is 2. The second kappa shape index (κ2) is 5.08. The van der Waals surface area contributed by atoms with E-state index in [0.717, 1.165) is 36.2 Å². The molecule has 1 heterocycles. The first-order valence-electron chi connectivity index (χ1n) is 6.39. The maximum Gasteiger partial charge on any atom is 0.243 e. The van der Waals surface area contributed by atoms with Crippen LogP contribution >= 0.6 is 0 Å². The second-order valence-corrected chi connectivity index (χ2v) is 5.16. The first-order chi connectivity index (χ1) is 8.49. The number of hydrazine groups is 1. The number of hydrogen-bond acceptors (Lipinski definition) is 3. The van der Waals surface area contributed by atoms with E-state index in [4.69, 9.17) is 5.84 Å². The number of nitrogens with zero attached hydrogens (tertiary/aromatic N) is 1. The van der Waals surface area contributed by atoms with E-state index in [1.807, 2.05) is 13.8 Å². The van der Waals surface area contributed by atoms with Crippen molar-refractivity contribution >= 4 is 11.6 Å². The first kappa shape index (κ1) is 13.1. The fraction of sp³-hybridized carbons (Fsp3) is 0.500. The van der Waals surface area contributed by atoms with E-state index in [0.29, 0.717) is 0 Å². The van der Waals surface area contributed by atoms with Crippen molar-refractivity contribution in [3.8, 4) is 0 Å². The maximum atomic E-state index is 12.2. The predicted octanol–water partition coefficient (Wildman–Crippen LogP) is 1.89. The molecule has 0 saturated carbocycles. The number of carbonyl (C=O) groups excluding carboxylic acids is 1. The van der Waals surface area contributed by atoms with Gasteiger partial charge in [0.25, 0.3) is 0 Å². The van der Waals surface area contributed by atoms with Gasteiger partial charge in [0.1, 0.15) is 6.04 Å². The van der Waals surface area contributed by atoms with Gasteiger partial charge in [-0.1, -0.05) is 17.7 Å². The minimum atomic E-state index is -0.190. The Morgan fingerprint density at radius 1 is 1.33 bits per heavy atom. The lowest BCUT2D eigenvalue weighted by molar-refractivity contribution is -0.120. The van der Waals surface area contributed by atoms with Crippen LogP contribution in [0.2, 0.25) is 0 Å². The van der Waals surface area contributed by atoms with Gasteiger partial charge in [-0.15, -0.1) is 0 Å². The highest BCUT2D eigenvalue weighted by Crippen LogP contribution is 2.23. The number of amides is 1. The number of carbonyl (C=O) groups is 1. The minimum Gasteiger partial charge on any atom is -0.324 e. The summed E-state index contributed by atoms with van der Waals surface area (Å²) < 4.78 is 0. The van der Waals surface area contributed by atoms with Crippen LogP contribution in [0.15, 0.2) is 12.1 Å². The van der Waals surface area contributed by atoms with E-state index in [9.17, 15) is 4.79 Å². The van der Waals surface area contributed by atoms with Crippen LogP contribution in [0.5, 0.6) is 0 Å². The molecule has 98 valence electrons. The van der Waals surface area contributed by atoms with Crippen LogP contribution in [0.4, 0.5) is 5.69 Å². The third kappa shape index (κ3) is 2.54. The molecule has 1 aromatic carbocycles. The van der Waals surface area contributed by atoms with Gasteiger partial charge in [-0.05, 0) is 44.7 Å². The van der Waals surface area contributed by atoms with Crippen LogP contribution < -0.4 is 11.2 Å². The average molecular weight is 247 g/mol. The molecule has 0 bridgehead atoms. The molecule has 0 aromatic heterocycles. The van der Waals surface area contributed by atoms with Gasteiger partial charge in [0.15, 0.2) is 0 Å². The summed E-state index contributed by atoms with van der Waals surface area (Å²) in [4.78, 5) is 12.2. The average Bonchev–Trinajstić information content (AvgIpc) is 2.69. The normalized spacial score (nSPS) is 20.1.